The summed E-state index contributed by atoms with van der Waals surface area (Å²) in [6, 6.07) is 5.98. The van der Waals surface area contributed by atoms with Crippen LogP contribution in [-0.2, 0) is 4.43 Å². The van der Waals surface area contributed by atoms with E-state index >= 15 is 0 Å². The van der Waals surface area contributed by atoms with Crippen molar-refractivity contribution in [3.05, 3.63) is 0 Å². The molecule has 1 fully saturated rings. The molecule has 0 amide bonds. The summed E-state index contributed by atoms with van der Waals surface area (Å²) in [6.45, 7) is 11.2. The molecule has 1 aliphatic rings. The van der Waals surface area contributed by atoms with Gasteiger partial charge >= 0.3 is 0 Å². The average Bonchev–Trinajstić information content (AvgIpc) is 2.46. The van der Waals surface area contributed by atoms with Crippen molar-refractivity contribution >= 4 is 15.4 Å². The molecule has 5 heteroatoms. The summed E-state index contributed by atoms with van der Waals surface area (Å²) in [5, 5.41) is 0. The van der Waals surface area contributed by atoms with Crippen LogP contribution in [0.5, 0.6) is 0 Å². The Morgan fingerprint density at radius 1 is 1.00 bits per heavy atom. The zero-order valence-electron chi connectivity index (χ0n) is 13.9. The molecule has 1 rings (SSSR count). The molecule has 1 atom stereocenters. The van der Waals surface area contributed by atoms with Gasteiger partial charge in [0.15, 0.2) is 7.83 Å². The molecule has 0 saturated carbocycles. The second kappa shape index (κ2) is 7.01. The highest BCUT2D eigenvalue weighted by molar-refractivity contribution is 7.40. The molecule has 1 aliphatic heterocycles. The lowest BCUT2D eigenvalue weighted by Crippen LogP contribution is -2.70. The normalized spacial score (nSPS) is 28.8. The molecule has 20 heavy (non-hydrogen) atoms. The van der Waals surface area contributed by atoms with E-state index < -0.39 is 27.5 Å². The Labute approximate surface area is 125 Å². The minimum absolute atomic E-state index is 0.0594. The molecule has 0 spiro atoms. The molecule has 0 aromatic heterocycles. The quantitative estimate of drug-likeness (QED) is 0.541. The standard InChI is InChI=1S/C15H32F2OSi2/c1-6-15(13-14(16)17)11-12-19(7-2,8-3)20(9-4,10-5)18-15/h14H,6-13H2,1-5H3. The van der Waals surface area contributed by atoms with Gasteiger partial charge in [-0.15, -0.1) is 0 Å². The van der Waals surface area contributed by atoms with Crippen molar-refractivity contribution in [2.24, 2.45) is 0 Å². The lowest BCUT2D eigenvalue weighted by atomic mass is 9.94. The molecular weight excluding hydrogens is 290 g/mol. The van der Waals surface area contributed by atoms with E-state index in [0.717, 1.165) is 24.9 Å². The van der Waals surface area contributed by atoms with Crippen molar-refractivity contribution < 1.29 is 13.2 Å². The van der Waals surface area contributed by atoms with E-state index in [1.165, 1.54) is 18.1 Å². The summed E-state index contributed by atoms with van der Waals surface area (Å²) in [5.74, 6) is 0. The van der Waals surface area contributed by atoms with Gasteiger partial charge < -0.3 is 4.43 Å². The van der Waals surface area contributed by atoms with Crippen LogP contribution in [0, 0.1) is 0 Å². The Bertz CT molecular complexity index is 304. The van der Waals surface area contributed by atoms with E-state index in [0.29, 0.717) is 0 Å². The van der Waals surface area contributed by atoms with E-state index in [1.807, 2.05) is 6.92 Å². The van der Waals surface area contributed by atoms with Gasteiger partial charge in [-0.3, -0.25) is 0 Å². The predicted molar refractivity (Wildman–Crippen MR) is 87.6 cm³/mol. The van der Waals surface area contributed by atoms with Gasteiger partial charge in [-0.05, 0) is 24.9 Å². The van der Waals surface area contributed by atoms with Crippen LogP contribution in [0.3, 0.4) is 0 Å². The fourth-order valence-corrected chi connectivity index (χ4v) is 23.4. The third-order valence-corrected chi connectivity index (χ3v) is 26.2. The maximum absolute atomic E-state index is 13.0. The Balaban J connectivity index is 3.15. The maximum Gasteiger partial charge on any atom is 0.241 e. The van der Waals surface area contributed by atoms with E-state index in [2.05, 4.69) is 27.7 Å². The molecular formula is C15H32F2OSi2. The molecule has 1 heterocycles. The number of rotatable bonds is 7. The maximum atomic E-state index is 13.0. The van der Waals surface area contributed by atoms with Crippen LogP contribution in [0.4, 0.5) is 8.78 Å². The summed E-state index contributed by atoms with van der Waals surface area (Å²) < 4.78 is 32.8. The largest absolute Gasteiger partial charge is 0.414 e. The molecule has 0 N–H and O–H groups in total. The summed E-state index contributed by atoms with van der Waals surface area (Å²) in [7, 11) is -3.22. The van der Waals surface area contributed by atoms with Gasteiger partial charge in [0.05, 0.1) is 13.2 Å². The molecule has 0 bridgehead atoms. The fourth-order valence-electron chi connectivity index (χ4n) is 4.48. The Hall–Kier alpha value is 0.254. The van der Waals surface area contributed by atoms with Gasteiger partial charge in [0.1, 0.15) is 0 Å². The van der Waals surface area contributed by atoms with Crippen LogP contribution in [-0.4, -0.2) is 27.5 Å². The Morgan fingerprint density at radius 3 is 1.90 bits per heavy atom. The second-order valence-corrected chi connectivity index (χ2v) is 20.4. The van der Waals surface area contributed by atoms with Crippen molar-refractivity contribution in [3.8, 4) is 0 Å². The van der Waals surface area contributed by atoms with Gasteiger partial charge in [0.2, 0.25) is 6.43 Å². The van der Waals surface area contributed by atoms with Gasteiger partial charge in [-0.25, -0.2) is 8.78 Å². The Kier molecular flexibility index (Phi) is 6.41. The molecule has 1 saturated heterocycles. The number of hydrogen-bond acceptors (Lipinski definition) is 1. The zero-order valence-corrected chi connectivity index (χ0v) is 15.9. The van der Waals surface area contributed by atoms with Crippen molar-refractivity contribution in [2.75, 3.05) is 0 Å². The molecule has 0 radical (unpaired) electrons. The van der Waals surface area contributed by atoms with E-state index in [9.17, 15) is 8.78 Å². The van der Waals surface area contributed by atoms with Crippen molar-refractivity contribution in [1.29, 1.82) is 0 Å². The first kappa shape index (κ1) is 18.3. The molecule has 120 valence electrons. The van der Waals surface area contributed by atoms with E-state index in [4.69, 9.17) is 4.43 Å². The molecule has 0 aromatic rings. The minimum atomic E-state index is -2.24. The predicted octanol–water partition coefficient (Wildman–Crippen LogP) is 5.76. The topological polar surface area (TPSA) is 9.23 Å². The Morgan fingerprint density at radius 2 is 1.55 bits per heavy atom. The lowest BCUT2D eigenvalue weighted by Gasteiger charge is -2.57. The van der Waals surface area contributed by atoms with E-state index in [1.54, 1.807) is 0 Å². The van der Waals surface area contributed by atoms with Gasteiger partial charge in [-0.2, -0.15) is 0 Å². The molecule has 0 aromatic carbocycles. The van der Waals surface area contributed by atoms with Crippen molar-refractivity contribution in [2.45, 2.75) is 96.1 Å². The molecule has 0 aliphatic carbocycles. The van der Waals surface area contributed by atoms with Gasteiger partial charge in [0.25, 0.3) is 0 Å². The van der Waals surface area contributed by atoms with Crippen LogP contribution in [0.2, 0.25) is 30.2 Å². The summed E-state index contributed by atoms with van der Waals surface area (Å²) in [5.41, 5.74) is -0.521. The first-order valence-corrected chi connectivity index (χ1v) is 14.3. The third kappa shape index (κ3) is 3.04. The fraction of sp³-hybridized carbons (Fsp3) is 1.00. The zero-order chi connectivity index (χ0) is 15.4. The highest BCUT2D eigenvalue weighted by Crippen LogP contribution is 2.49. The SMILES string of the molecule is CCC1(CC(F)F)CC[Si](CC)(CC)[Si](CC)(CC)O1. The smallest absolute Gasteiger partial charge is 0.241 e. The highest BCUT2D eigenvalue weighted by Gasteiger charge is 2.59. The second-order valence-electron chi connectivity index (χ2n) is 6.42. The lowest BCUT2D eigenvalue weighted by molar-refractivity contribution is -0.0175. The highest BCUT2D eigenvalue weighted by atomic mass is 29.3. The number of halogens is 2. The van der Waals surface area contributed by atoms with Crippen LogP contribution >= 0.6 is 0 Å². The van der Waals surface area contributed by atoms with Crippen LogP contribution < -0.4 is 0 Å². The first-order chi connectivity index (χ1) is 9.38. The number of hydrogen-bond donors (Lipinski definition) is 0. The average molecular weight is 323 g/mol. The monoisotopic (exact) mass is 322 g/mol. The van der Waals surface area contributed by atoms with Crippen LogP contribution in [0.1, 0.15) is 53.9 Å². The van der Waals surface area contributed by atoms with E-state index in [-0.39, 0.29) is 6.42 Å². The summed E-state index contributed by atoms with van der Waals surface area (Å²) in [6.07, 6.45) is -0.691. The summed E-state index contributed by atoms with van der Waals surface area (Å²) >= 11 is 0. The van der Waals surface area contributed by atoms with Gasteiger partial charge in [-0.1, -0.05) is 52.8 Å². The number of alkyl halides is 2. The first-order valence-electron chi connectivity index (χ1n) is 8.37. The summed E-state index contributed by atoms with van der Waals surface area (Å²) in [4.78, 5) is 0. The third-order valence-electron chi connectivity index (χ3n) is 6.10. The molecule has 1 unspecified atom stereocenters. The molecule has 1 nitrogen and oxygen atoms in total. The minimum Gasteiger partial charge on any atom is -0.414 e. The van der Waals surface area contributed by atoms with Gasteiger partial charge in [0, 0.05) is 6.42 Å². The van der Waals surface area contributed by atoms with Crippen LogP contribution in [0.25, 0.3) is 0 Å². The van der Waals surface area contributed by atoms with Crippen molar-refractivity contribution in [3.63, 3.8) is 0 Å². The van der Waals surface area contributed by atoms with Crippen LogP contribution in [0.15, 0.2) is 0 Å². The van der Waals surface area contributed by atoms with Crippen molar-refractivity contribution in [1.82, 2.24) is 0 Å².